The number of nitrogens with zero attached hydrogens (tertiary/aromatic N) is 3. The minimum atomic E-state index is -0.225. The van der Waals surface area contributed by atoms with Gasteiger partial charge >= 0.3 is 0 Å². The summed E-state index contributed by atoms with van der Waals surface area (Å²) in [6.45, 7) is 0. The van der Waals surface area contributed by atoms with E-state index in [1.807, 2.05) is 0 Å². The van der Waals surface area contributed by atoms with Crippen molar-refractivity contribution >= 4 is 11.3 Å². The van der Waals surface area contributed by atoms with Crippen molar-refractivity contribution in [2.75, 3.05) is 0 Å². The Hall–Kier alpha value is -1.27. The third-order valence-corrected chi connectivity index (χ3v) is 4.20. The van der Waals surface area contributed by atoms with Crippen LogP contribution in [0.15, 0.2) is 16.2 Å². The van der Waals surface area contributed by atoms with E-state index in [0.29, 0.717) is 18.1 Å². The molecule has 1 aliphatic rings. The van der Waals surface area contributed by atoms with Gasteiger partial charge in [-0.2, -0.15) is 4.98 Å². The van der Waals surface area contributed by atoms with Crippen LogP contribution in [0.25, 0.3) is 10.7 Å². The van der Waals surface area contributed by atoms with E-state index in [0.717, 1.165) is 24.1 Å². The molecule has 2 unspecified atom stereocenters. The second-order valence-electron chi connectivity index (χ2n) is 4.69. The van der Waals surface area contributed by atoms with Crippen molar-refractivity contribution in [3.8, 4) is 10.7 Å². The minimum Gasteiger partial charge on any atom is -0.393 e. The highest BCUT2D eigenvalue weighted by molar-refractivity contribution is 7.13. The molecule has 6 heteroatoms. The van der Waals surface area contributed by atoms with Gasteiger partial charge < -0.3 is 9.63 Å². The van der Waals surface area contributed by atoms with E-state index in [1.54, 1.807) is 11.7 Å². The number of aliphatic hydroxyl groups excluding tert-OH is 1. The first kappa shape index (κ1) is 11.8. The van der Waals surface area contributed by atoms with Gasteiger partial charge in [0.15, 0.2) is 0 Å². The van der Waals surface area contributed by atoms with Gasteiger partial charge in [0.25, 0.3) is 0 Å². The van der Waals surface area contributed by atoms with Crippen molar-refractivity contribution in [2.45, 2.75) is 38.2 Å². The predicted octanol–water partition coefficient (Wildman–Crippen LogP) is 2.29. The second-order valence-corrected chi connectivity index (χ2v) is 5.58. The summed E-state index contributed by atoms with van der Waals surface area (Å²) >= 11 is 1.49. The Balaban J connectivity index is 1.70. The van der Waals surface area contributed by atoms with Gasteiger partial charge in [0, 0.05) is 12.6 Å². The molecule has 1 saturated carbocycles. The van der Waals surface area contributed by atoms with Crippen molar-refractivity contribution in [1.29, 1.82) is 0 Å². The molecule has 0 spiro atoms. The molecule has 2 heterocycles. The summed E-state index contributed by atoms with van der Waals surface area (Å²) in [6.07, 6.45) is 6.41. The van der Waals surface area contributed by atoms with E-state index in [9.17, 15) is 5.11 Å². The zero-order valence-electron chi connectivity index (χ0n) is 9.95. The molecule has 0 bridgehead atoms. The molecule has 5 nitrogen and oxygen atoms in total. The van der Waals surface area contributed by atoms with Crippen LogP contribution in [0.5, 0.6) is 0 Å². The van der Waals surface area contributed by atoms with Gasteiger partial charge in [-0.1, -0.05) is 18.0 Å². The van der Waals surface area contributed by atoms with Crippen LogP contribution in [0.3, 0.4) is 0 Å². The fourth-order valence-corrected chi connectivity index (χ4v) is 2.96. The fourth-order valence-electron chi connectivity index (χ4n) is 2.41. The summed E-state index contributed by atoms with van der Waals surface area (Å²) in [4.78, 5) is 9.27. The normalized spacial score (nSPS) is 24.3. The maximum absolute atomic E-state index is 9.92. The predicted molar refractivity (Wildman–Crippen MR) is 67.1 cm³/mol. The standard InChI is InChI=1S/C12H15N3O2S/c16-9-4-2-1-3-8(9)5-11-14-12(15-17-11)10-6-13-7-18-10/h6-9,16H,1-5H2. The summed E-state index contributed by atoms with van der Waals surface area (Å²) in [5, 5.41) is 13.9. The molecule has 0 saturated heterocycles. The number of hydrogen-bond donors (Lipinski definition) is 1. The Labute approximate surface area is 109 Å². The van der Waals surface area contributed by atoms with E-state index >= 15 is 0 Å². The van der Waals surface area contributed by atoms with Crippen molar-refractivity contribution in [3.63, 3.8) is 0 Å². The quantitative estimate of drug-likeness (QED) is 0.921. The Kier molecular flexibility index (Phi) is 3.38. The highest BCUT2D eigenvalue weighted by atomic mass is 32.1. The third kappa shape index (κ3) is 2.44. The zero-order valence-corrected chi connectivity index (χ0v) is 10.8. The lowest BCUT2D eigenvalue weighted by Crippen LogP contribution is -2.26. The number of thiazole rings is 1. The van der Waals surface area contributed by atoms with E-state index in [4.69, 9.17) is 4.52 Å². The maximum Gasteiger partial charge on any atom is 0.227 e. The molecule has 0 amide bonds. The zero-order chi connectivity index (χ0) is 12.4. The molecule has 1 N–H and O–H groups in total. The first-order valence-corrected chi connectivity index (χ1v) is 7.10. The number of aliphatic hydroxyl groups is 1. The number of aromatic nitrogens is 3. The van der Waals surface area contributed by atoms with Gasteiger partial charge in [-0.05, 0) is 18.8 Å². The summed E-state index contributed by atoms with van der Waals surface area (Å²) in [6, 6.07) is 0. The summed E-state index contributed by atoms with van der Waals surface area (Å²) in [7, 11) is 0. The molecule has 3 rings (SSSR count). The van der Waals surface area contributed by atoms with Crippen LogP contribution >= 0.6 is 11.3 Å². The van der Waals surface area contributed by atoms with E-state index < -0.39 is 0 Å². The largest absolute Gasteiger partial charge is 0.393 e. The van der Waals surface area contributed by atoms with Gasteiger partial charge in [-0.3, -0.25) is 4.98 Å². The summed E-state index contributed by atoms with van der Waals surface area (Å²) in [5.74, 6) is 1.47. The average molecular weight is 265 g/mol. The molecule has 96 valence electrons. The number of rotatable bonds is 3. The van der Waals surface area contributed by atoms with Crippen molar-refractivity contribution in [1.82, 2.24) is 15.1 Å². The molecule has 1 fully saturated rings. The monoisotopic (exact) mass is 265 g/mol. The molecule has 0 aliphatic heterocycles. The first-order chi connectivity index (χ1) is 8.83. The van der Waals surface area contributed by atoms with Gasteiger partial charge in [0.2, 0.25) is 11.7 Å². The minimum absolute atomic E-state index is 0.225. The molecule has 0 aromatic carbocycles. The Bertz CT molecular complexity index is 497. The Morgan fingerprint density at radius 3 is 3.06 bits per heavy atom. The highest BCUT2D eigenvalue weighted by Gasteiger charge is 2.25. The third-order valence-electron chi connectivity index (χ3n) is 3.43. The Morgan fingerprint density at radius 2 is 2.28 bits per heavy atom. The van der Waals surface area contributed by atoms with Crippen LogP contribution < -0.4 is 0 Å². The van der Waals surface area contributed by atoms with Gasteiger partial charge in [0.05, 0.1) is 16.5 Å². The molecule has 1 aliphatic carbocycles. The summed E-state index contributed by atoms with van der Waals surface area (Å²) in [5.41, 5.74) is 1.75. The van der Waals surface area contributed by atoms with E-state index in [2.05, 4.69) is 15.1 Å². The maximum atomic E-state index is 9.92. The summed E-state index contributed by atoms with van der Waals surface area (Å²) < 4.78 is 5.25. The lowest BCUT2D eigenvalue weighted by atomic mass is 9.84. The Morgan fingerprint density at radius 1 is 1.39 bits per heavy atom. The van der Waals surface area contributed by atoms with Crippen molar-refractivity contribution in [3.05, 3.63) is 17.6 Å². The molecular formula is C12H15N3O2S. The van der Waals surface area contributed by atoms with Crippen LogP contribution in [0.1, 0.15) is 31.6 Å². The molecule has 18 heavy (non-hydrogen) atoms. The fraction of sp³-hybridized carbons (Fsp3) is 0.583. The van der Waals surface area contributed by atoms with Crippen LogP contribution in [-0.2, 0) is 6.42 Å². The molecular weight excluding hydrogens is 250 g/mol. The van der Waals surface area contributed by atoms with Crippen LogP contribution in [-0.4, -0.2) is 26.3 Å². The lowest BCUT2D eigenvalue weighted by molar-refractivity contribution is 0.0657. The molecule has 0 radical (unpaired) electrons. The SMILES string of the molecule is OC1CCCCC1Cc1nc(-c2cncs2)no1. The van der Waals surface area contributed by atoms with E-state index in [-0.39, 0.29) is 12.0 Å². The van der Waals surface area contributed by atoms with Gasteiger partial charge in [0.1, 0.15) is 0 Å². The molecule has 2 atom stereocenters. The van der Waals surface area contributed by atoms with Gasteiger partial charge in [-0.25, -0.2) is 0 Å². The van der Waals surface area contributed by atoms with Crippen LogP contribution in [0, 0.1) is 5.92 Å². The molecule has 2 aromatic heterocycles. The average Bonchev–Trinajstić information content (AvgIpc) is 3.02. The topological polar surface area (TPSA) is 72.0 Å². The van der Waals surface area contributed by atoms with E-state index in [1.165, 1.54) is 17.8 Å². The second kappa shape index (κ2) is 5.16. The first-order valence-electron chi connectivity index (χ1n) is 6.22. The van der Waals surface area contributed by atoms with Crippen LogP contribution in [0.4, 0.5) is 0 Å². The smallest absolute Gasteiger partial charge is 0.227 e. The van der Waals surface area contributed by atoms with Crippen molar-refractivity contribution < 1.29 is 9.63 Å². The lowest BCUT2D eigenvalue weighted by Gasteiger charge is -2.26. The highest BCUT2D eigenvalue weighted by Crippen LogP contribution is 2.28. The van der Waals surface area contributed by atoms with Crippen LogP contribution in [0.2, 0.25) is 0 Å². The van der Waals surface area contributed by atoms with Gasteiger partial charge in [-0.15, -0.1) is 11.3 Å². The molecule has 2 aromatic rings. The number of hydrogen-bond acceptors (Lipinski definition) is 6. The van der Waals surface area contributed by atoms with Crippen molar-refractivity contribution in [2.24, 2.45) is 5.92 Å².